The zero-order chi connectivity index (χ0) is 22.5. The standard InChI is InChI=1S/C23H26Cl2N4OS/c1-14(2)11-20(26-22(30)18-10-9-17(24)12-19(18)25)21-27-28-23(29(21)4)31-13-16-7-5-15(3)6-8-16/h5-10,12,14,20H,11,13H2,1-4H3,(H,26,30). The molecule has 1 atom stereocenters. The molecule has 0 aliphatic heterocycles. The smallest absolute Gasteiger partial charge is 0.253 e. The van der Waals surface area contributed by atoms with Gasteiger partial charge in [0.2, 0.25) is 0 Å². The van der Waals surface area contributed by atoms with Crippen molar-refractivity contribution in [2.24, 2.45) is 13.0 Å². The maximum atomic E-state index is 12.9. The van der Waals surface area contributed by atoms with Crippen LogP contribution in [0.15, 0.2) is 47.6 Å². The fourth-order valence-electron chi connectivity index (χ4n) is 3.20. The molecule has 0 aliphatic rings. The molecule has 164 valence electrons. The van der Waals surface area contributed by atoms with Crippen molar-refractivity contribution in [2.45, 2.75) is 44.1 Å². The third-order valence-corrected chi connectivity index (χ3v) is 6.50. The topological polar surface area (TPSA) is 59.8 Å². The van der Waals surface area contributed by atoms with Crippen LogP contribution >= 0.6 is 35.0 Å². The van der Waals surface area contributed by atoms with Gasteiger partial charge in [-0.15, -0.1) is 10.2 Å². The van der Waals surface area contributed by atoms with Crippen molar-refractivity contribution in [1.82, 2.24) is 20.1 Å². The van der Waals surface area contributed by atoms with Crippen LogP contribution in [0.5, 0.6) is 0 Å². The number of hydrogen-bond donors (Lipinski definition) is 1. The molecule has 0 radical (unpaired) electrons. The highest BCUT2D eigenvalue weighted by atomic mass is 35.5. The molecule has 0 fully saturated rings. The summed E-state index contributed by atoms with van der Waals surface area (Å²) in [5.74, 6) is 1.61. The Balaban J connectivity index is 1.77. The second-order valence-electron chi connectivity index (χ2n) is 7.95. The van der Waals surface area contributed by atoms with Crippen molar-refractivity contribution >= 4 is 40.9 Å². The number of hydrogen-bond acceptors (Lipinski definition) is 4. The van der Waals surface area contributed by atoms with E-state index >= 15 is 0 Å². The van der Waals surface area contributed by atoms with E-state index < -0.39 is 0 Å². The van der Waals surface area contributed by atoms with E-state index in [0.29, 0.717) is 21.5 Å². The van der Waals surface area contributed by atoms with E-state index in [9.17, 15) is 4.79 Å². The quantitative estimate of drug-likeness (QED) is 0.390. The number of rotatable bonds is 8. The van der Waals surface area contributed by atoms with E-state index in [1.54, 1.807) is 30.0 Å². The minimum Gasteiger partial charge on any atom is -0.342 e. The number of aromatic nitrogens is 3. The molecule has 0 aliphatic carbocycles. The van der Waals surface area contributed by atoms with Crippen LogP contribution < -0.4 is 5.32 Å². The van der Waals surface area contributed by atoms with Gasteiger partial charge in [0, 0.05) is 17.8 Å². The average molecular weight is 477 g/mol. The Bertz CT molecular complexity index is 1050. The molecule has 8 heteroatoms. The molecule has 3 aromatic rings. The van der Waals surface area contributed by atoms with Gasteiger partial charge in [0.15, 0.2) is 11.0 Å². The largest absolute Gasteiger partial charge is 0.342 e. The maximum Gasteiger partial charge on any atom is 0.253 e. The first kappa shape index (κ1) is 23.6. The molecule has 5 nitrogen and oxygen atoms in total. The Hall–Kier alpha value is -2.02. The number of aryl methyl sites for hydroxylation is 1. The van der Waals surface area contributed by atoms with Crippen molar-refractivity contribution in [3.8, 4) is 0 Å². The van der Waals surface area contributed by atoms with Crippen LogP contribution in [-0.2, 0) is 12.8 Å². The van der Waals surface area contributed by atoms with Crippen LogP contribution in [-0.4, -0.2) is 20.7 Å². The fourth-order valence-corrected chi connectivity index (χ4v) is 4.57. The molecule has 1 heterocycles. The van der Waals surface area contributed by atoms with Gasteiger partial charge in [0.1, 0.15) is 0 Å². The summed E-state index contributed by atoms with van der Waals surface area (Å²) in [6.07, 6.45) is 0.728. The highest BCUT2D eigenvalue weighted by molar-refractivity contribution is 7.98. The van der Waals surface area contributed by atoms with Gasteiger partial charge in [0.05, 0.1) is 16.6 Å². The lowest BCUT2D eigenvalue weighted by Crippen LogP contribution is -2.31. The van der Waals surface area contributed by atoms with Gasteiger partial charge in [-0.1, -0.05) is 78.6 Å². The molecule has 1 amide bonds. The van der Waals surface area contributed by atoms with Crippen molar-refractivity contribution in [3.05, 3.63) is 75.0 Å². The fraction of sp³-hybridized carbons (Fsp3) is 0.348. The van der Waals surface area contributed by atoms with Gasteiger partial charge in [-0.05, 0) is 43.0 Å². The number of carbonyl (C=O) groups is 1. The van der Waals surface area contributed by atoms with E-state index in [0.717, 1.165) is 23.2 Å². The third kappa shape index (κ3) is 6.25. The lowest BCUT2D eigenvalue weighted by Gasteiger charge is -2.20. The van der Waals surface area contributed by atoms with Crippen LogP contribution in [0.2, 0.25) is 10.0 Å². The maximum absolute atomic E-state index is 12.9. The van der Waals surface area contributed by atoms with Crippen molar-refractivity contribution < 1.29 is 4.79 Å². The molecular weight excluding hydrogens is 451 g/mol. The Labute approximate surface area is 197 Å². The van der Waals surface area contributed by atoms with E-state index in [-0.39, 0.29) is 11.9 Å². The summed E-state index contributed by atoms with van der Waals surface area (Å²) in [6, 6.07) is 13.0. The minimum absolute atomic E-state index is 0.260. The zero-order valence-corrected chi connectivity index (χ0v) is 20.4. The molecule has 1 N–H and O–H groups in total. The predicted octanol–water partition coefficient (Wildman–Crippen LogP) is 6.24. The normalized spacial score (nSPS) is 12.2. The average Bonchev–Trinajstić information content (AvgIpc) is 3.07. The number of thioether (sulfide) groups is 1. The summed E-state index contributed by atoms with van der Waals surface area (Å²) < 4.78 is 1.95. The van der Waals surface area contributed by atoms with E-state index in [2.05, 4.69) is 60.6 Å². The first-order valence-electron chi connectivity index (χ1n) is 10.1. The summed E-state index contributed by atoms with van der Waals surface area (Å²) >= 11 is 13.8. The van der Waals surface area contributed by atoms with Crippen molar-refractivity contribution in [2.75, 3.05) is 0 Å². The molecule has 3 rings (SSSR count). The summed E-state index contributed by atoms with van der Waals surface area (Å²) in [7, 11) is 1.93. The number of carbonyl (C=O) groups excluding carboxylic acids is 1. The monoisotopic (exact) mass is 476 g/mol. The zero-order valence-electron chi connectivity index (χ0n) is 18.0. The SMILES string of the molecule is Cc1ccc(CSc2nnc(C(CC(C)C)NC(=O)c3ccc(Cl)cc3Cl)n2C)cc1. The second kappa shape index (κ2) is 10.5. The van der Waals surface area contributed by atoms with Gasteiger partial charge >= 0.3 is 0 Å². The lowest BCUT2D eigenvalue weighted by atomic mass is 10.0. The number of nitrogens with one attached hydrogen (secondary N) is 1. The summed E-state index contributed by atoms with van der Waals surface area (Å²) in [4.78, 5) is 12.9. The highest BCUT2D eigenvalue weighted by Crippen LogP contribution is 2.27. The molecule has 31 heavy (non-hydrogen) atoms. The van der Waals surface area contributed by atoms with Crippen LogP contribution in [0.1, 0.15) is 53.6 Å². The molecule has 0 spiro atoms. The number of amides is 1. The van der Waals surface area contributed by atoms with Gasteiger partial charge in [0.25, 0.3) is 5.91 Å². The van der Waals surface area contributed by atoms with E-state index in [1.807, 2.05) is 11.6 Å². The molecule has 0 bridgehead atoms. The summed E-state index contributed by atoms with van der Waals surface area (Å²) in [5, 5.41) is 13.5. The molecular formula is C23H26Cl2N4OS. The lowest BCUT2D eigenvalue weighted by molar-refractivity contribution is 0.0929. The highest BCUT2D eigenvalue weighted by Gasteiger charge is 2.24. The molecule has 0 saturated heterocycles. The molecule has 2 aromatic carbocycles. The number of nitrogens with zero attached hydrogens (tertiary/aromatic N) is 3. The molecule has 0 saturated carbocycles. The predicted molar refractivity (Wildman–Crippen MR) is 128 cm³/mol. The van der Waals surface area contributed by atoms with Crippen LogP contribution in [0, 0.1) is 12.8 Å². The molecule has 1 aromatic heterocycles. The van der Waals surface area contributed by atoms with Gasteiger partial charge < -0.3 is 9.88 Å². The summed E-state index contributed by atoms with van der Waals surface area (Å²) in [5.41, 5.74) is 2.85. The second-order valence-corrected chi connectivity index (χ2v) is 9.74. The van der Waals surface area contributed by atoms with Crippen LogP contribution in [0.3, 0.4) is 0 Å². The Kier molecular flexibility index (Phi) is 8.03. The number of benzene rings is 2. The van der Waals surface area contributed by atoms with Crippen LogP contribution in [0.4, 0.5) is 0 Å². The van der Waals surface area contributed by atoms with Gasteiger partial charge in [-0.3, -0.25) is 4.79 Å². The van der Waals surface area contributed by atoms with Crippen molar-refractivity contribution in [3.63, 3.8) is 0 Å². The Morgan fingerprint density at radius 1 is 1.13 bits per heavy atom. The third-order valence-electron chi connectivity index (χ3n) is 4.86. The van der Waals surface area contributed by atoms with Crippen LogP contribution in [0.25, 0.3) is 0 Å². The Morgan fingerprint density at radius 3 is 2.48 bits per heavy atom. The number of halogens is 2. The first-order chi connectivity index (χ1) is 14.7. The molecule has 1 unspecified atom stereocenters. The van der Waals surface area contributed by atoms with E-state index in [4.69, 9.17) is 23.2 Å². The van der Waals surface area contributed by atoms with Crippen molar-refractivity contribution in [1.29, 1.82) is 0 Å². The first-order valence-corrected chi connectivity index (χ1v) is 11.8. The van der Waals surface area contributed by atoms with Gasteiger partial charge in [-0.2, -0.15) is 0 Å². The van der Waals surface area contributed by atoms with E-state index in [1.165, 1.54) is 11.1 Å². The minimum atomic E-state index is -0.287. The van der Waals surface area contributed by atoms with Gasteiger partial charge in [-0.25, -0.2) is 0 Å². The summed E-state index contributed by atoms with van der Waals surface area (Å²) in [6.45, 7) is 6.29. The Morgan fingerprint density at radius 2 is 1.84 bits per heavy atom.